The van der Waals surface area contributed by atoms with Crippen molar-refractivity contribution >= 4 is 75.9 Å². The van der Waals surface area contributed by atoms with Gasteiger partial charge >= 0.3 is 0 Å². The lowest BCUT2D eigenvalue weighted by molar-refractivity contribution is 1.17. The highest BCUT2D eigenvalue weighted by Gasteiger charge is 2.20. The molecule has 11 rings (SSSR count). The number of benzene rings is 9. The van der Waals surface area contributed by atoms with Gasteiger partial charge < -0.3 is 9.13 Å². The van der Waals surface area contributed by atoms with E-state index in [1.807, 2.05) is 0 Å². The molecule has 0 bridgehead atoms. The lowest BCUT2D eigenvalue weighted by Crippen LogP contribution is -1.96. The van der Waals surface area contributed by atoms with Crippen LogP contribution in [-0.4, -0.2) is 9.13 Å². The highest BCUT2D eigenvalue weighted by atomic mass is 15.0. The van der Waals surface area contributed by atoms with Gasteiger partial charge in [-0.15, -0.1) is 0 Å². The summed E-state index contributed by atoms with van der Waals surface area (Å²) in [5, 5.41) is 12.6. The fourth-order valence-electron chi connectivity index (χ4n) is 8.39. The van der Waals surface area contributed by atoms with E-state index in [0.717, 1.165) is 5.69 Å². The Hall–Kier alpha value is -6.64. The number of para-hydroxylation sites is 1. The van der Waals surface area contributed by atoms with Crippen molar-refractivity contribution < 1.29 is 0 Å². The van der Waals surface area contributed by atoms with Gasteiger partial charge in [-0.1, -0.05) is 133 Å². The van der Waals surface area contributed by atoms with E-state index in [9.17, 15) is 0 Å². The molecule has 232 valence electrons. The van der Waals surface area contributed by atoms with Crippen LogP contribution in [0.2, 0.25) is 0 Å². The summed E-state index contributed by atoms with van der Waals surface area (Å²) in [7, 11) is 0. The summed E-state index contributed by atoms with van der Waals surface area (Å²) in [6.45, 7) is 0. The molecule has 2 nitrogen and oxygen atoms in total. The zero-order valence-corrected chi connectivity index (χ0v) is 27.2. The minimum absolute atomic E-state index is 1.15. The maximum Gasteiger partial charge on any atom is 0.0562 e. The maximum absolute atomic E-state index is 2.47. The van der Waals surface area contributed by atoms with Gasteiger partial charge in [0.1, 0.15) is 0 Å². The largest absolute Gasteiger partial charge is 0.309 e. The summed E-state index contributed by atoms with van der Waals surface area (Å²) in [5.74, 6) is 0. The third-order valence-corrected chi connectivity index (χ3v) is 10.7. The first-order valence-electron chi connectivity index (χ1n) is 17.3. The molecule has 0 atom stereocenters. The quantitative estimate of drug-likeness (QED) is 0.183. The molecule has 0 spiro atoms. The number of aromatic nitrogens is 2. The summed E-state index contributed by atoms with van der Waals surface area (Å²) in [6, 6.07) is 66.8. The van der Waals surface area contributed by atoms with Crippen molar-refractivity contribution in [2.45, 2.75) is 0 Å². The standard InChI is InChI=1S/C48H30N2/c1-2-13-35-28-37(26-20-31(35)10-1)50-45-27-23-33-12-4-6-16-40(33)48(45)43-29-42-41-17-7-8-19-44(41)49(46(42)30-47(43)50)36-24-21-34(22-25-36)39-18-9-14-32-11-3-5-15-38(32)39/h1-30H. The van der Waals surface area contributed by atoms with E-state index in [0.29, 0.717) is 0 Å². The second-order valence-electron chi connectivity index (χ2n) is 13.4. The molecule has 2 heteroatoms. The van der Waals surface area contributed by atoms with Crippen molar-refractivity contribution in [1.82, 2.24) is 9.13 Å². The minimum Gasteiger partial charge on any atom is -0.309 e. The summed E-state index contributed by atoms with van der Waals surface area (Å²) < 4.78 is 4.91. The Morgan fingerprint density at radius 1 is 0.280 bits per heavy atom. The summed E-state index contributed by atoms with van der Waals surface area (Å²) >= 11 is 0. The van der Waals surface area contributed by atoms with Gasteiger partial charge in [-0.05, 0) is 92.0 Å². The first kappa shape index (κ1) is 27.3. The molecule has 0 N–H and O–H groups in total. The Bertz CT molecular complexity index is 3130. The van der Waals surface area contributed by atoms with Crippen molar-refractivity contribution in [3.05, 3.63) is 182 Å². The Morgan fingerprint density at radius 2 is 0.880 bits per heavy atom. The number of nitrogens with zero attached hydrogens (tertiary/aromatic N) is 2. The van der Waals surface area contributed by atoms with Crippen molar-refractivity contribution in [2.24, 2.45) is 0 Å². The number of rotatable bonds is 3. The van der Waals surface area contributed by atoms with E-state index in [1.165, 1.54) is 92.7 Å². The minimum atomic E-state index is 1.15. The fraction of sp³-hybridized carbons (Fsp3) is 0. The van der Waals surface area contributed by atoms with Crippen LogP contribution in [0.1, 0.15) is 0 Å². The summed E-state index contributed by atoms with van der Waals surface area (Å²) in [6.07, 6.45) is 0. The van der Waals surface area contributed by atoms with Gasteiger partial charge in [0.2, 0.25) is 0 Å². The van der Waals surface area contributed by atoms with Gasteiger partial charge in [0.05, 0.1) is 22.1 Å². The second kappa shape index (κ2) is 10.4. The predicted molar refractivity (Wildman–Crippen MR) is 213 cm³/mol. The molecule has 0 aliphatic heterocycles. The molecular formula is C48H30N2. The van der Waals surface area contributed by atoms with Crippen LogP contribution in [0, 0.1) is 0 Å². The zero-order chi connectivity index (χ0) is 32.8. The van der Waals surface area contributed by atoms with Crippen LogP contribution in [0.4, 0.5) is 0 Å². The fourth-order valence-corrected chi connectivity index (χ4v) is 8.39. The molecule has 0 aliphatic carbocycles. The van der Waals surface area contributed by atoms with E-state index < -0.39 is 0 Å². The normalized spacial score (nSPS) is 12.0. The lowest BCUT2D eigenvalue weighted by atomic mass is 9.98. The molecular weight excluding hydrogens is 605 g/mol. The van der Waals surface area contributed by atoms with Crippen LogP contribution < -0.4 is 0 Å². The van der Waals surface area contributed by atoms with Gasteiger partial charge in [0.15, 0.2) is 0 Å². The Kier molecular flexibility index (Phi) is 5.70. The lowest BCUT2D eigenvalue weighted by Gasteiger charge is -2.12. The van der Waals surface area contributed by atoms with E-state index in [4.69, 9.17) is 0 Å². The number of fused-ring (bicyclic) bond motifs is 10. The van der Waals surface area contributed by atoms with Crippen molar-refractivity contribution in [1.29, 1.82) is 0 Å². The van der Waals surface area contributed by atoms with Gasteiger partial charge in [-0.25, -0.2) is 0 Å². The van der Waals surface area contributed by atoms with E-state index >= 15 is 0 Å². The van der Waals surface area contributed by atoms with Crippen molar-refractivity contribution in [3.8, 4) is 22.5 Å². The first-order chi connectivity index (χ1) is 24.8. The molecule has 0 radical (unpaired) electrons. The summed E-state index contributed by atoms with van der Waals surface area (Å²) in [4.78, 5) is 0. The molecule has 0 unspecified atom stereocenters. The predicted octanol–water partition coefficient (Wildman–Crippen LogP) is 13.0. The SMILES string of the molecule is c1ccc2cc(-n3c4cc5c(cc4c4c6ccccc6ccc43)c3ccccc3n5-c3ccc(-c4cccc5ccccc45)cc3)ccc2c1. The topological polar surface area (TPSA) is 9.86 Å². The van der Waals surface area contributed by atoms with Crippen molar-refractivity contribution in [3.63, 3.8) is 0 Å². The Labute approximate surface area is 288 Å². The molecule has 2 heterocycles. The van der Waals surface area contributed by atoms with Gasteiger partial charge in [-0.3, -0.25) is 0 Å². The van der Waals surface area contributed by atoms with Crippen LogP contribution in [-0.2, 0) is 0 Å². The third kappa shape index (κ3) is 3.90. The molecule has 0 saturated heterocycles. The highest BCUT2D eigenvalue weighted by Crippen LogP contribution is 2.42. The molecule has 0 aliphatic rings. The molecule has 2 aromatic heterocycles. The van der Waals surface area contributed by atoms with Crippen LogP contribution in [0.3, 0.4) is 0 Å². The van der Waals surface area contributed by atoms with Gasteiger partial charge in [-0.2, -0.15) is 0 Å². The molecule has 0 saturated carbocycles. The molecule has 9 aromatic carbocycles. The molecule has 0 amide bonds. The maximum atomic E-state index is 2.47. The van der Waals surface area contributed by atoms with E-state index in [-0.39, 0.29) is 0 Å². The van der Waals surface area contributed by atoms with Crippen LogP contribution in [0.25, 0.3) is 98.4 Å². The molecule has 50 heavy (non-hydrogen) atoms. The highest BCUT2D eigenvalue weighted by molar-refractivity contribution is 6.25. The Morgan fingerprint density at radius 3 is 1.72 bits per heavy atom. The van der Waals surface area contributed by atoms with E-state index in [1.54, 1.807) is 0 Å². The Balaban J connectivity index is 1.21. The second-order valence-corrected chi connectivity index (χ2v) is 13.4. The molecule has 11 aromatic rings. The monoisotopic (exact) mass is 634 g/mol. The van der Waals surface area contributed by atoms with E-state index in [2.05, 4.69) is 191 Å². The van der Waals surface area contributed by atoms with Crippen LogP contribution in [0.5, 0.6) is 0 Å². The first-order valence-corrected chi connectivity index (χ1v) is 17.3. The van der Waals surface area contributed by atoms with Gasteiger partial charge in [0, 0.05) is 32.9 Å². The number of hydrogen-bond acceptors (Lipinski definition) is 0. The van der Waals surface area contributed by atoms with Gasteiger partial charge in [0.25, 0.3) is 0 Å². The smallest absolute Gasteiger partial charge is 0.0562 e. The summed E-state index contributed by atoms with van der Waals surface area (Å²) in [5.41, 5.74) is 9.62. The average molecular weight is 635 g/mol. The molecule has 0 fully saturated rings. The van der Waals surface area contributed by atoms with Crippen LogP contribution in [0.15, 0.2) is 182 Å². The number of hydrogen-bond donors (Lipinski definition) is 0. The zero-order valence-electron chi connectivity index (χ0n) is 27.2. The third-order valence-electron chi connectivity index (χ3n) is 10.7. The van der Waals surface area contributed by atoms with Crippen molar-refractivity contribution in [2.75, 3.05) is 0 Å². The van der Waals surface area contributed by atoms with Crippen LogP contribution >= 0.6 is 0 Å². The average Bonchev–Trinajstić information content (AvgIpc) is 3.69.